The number of hydrogen-bond acceptors (Lipinski definition) is 5. The highest BCUT2D eigenvalue weighted by Crippen LogP contribution is 2.36. The van der Waals surface area contributed by atoms with Gasteiger partial charge in [0.25, 0.3) is 0 Å². The van der Waals surface area contributed by atoms with Crippen LogP contribution in [0.4, 0.5) is 5.69 Å². The maximum atomic E-state index is 13.9. The molecule has 0 spiro atoms. The standard InChI is InChI=1S/C40H36ClNO5/c1-25-21-32(41)16-19-34(25)28-13-17-33(18-14-28)42-38(43)35(22-26-5-7-30(8-6-26)39(44)47-40(2,3)4)29-11-9-27(10-12-29)31-15-20-36-37(23-31)46-24-45-36/h5-21,23,35H,22,24H2,1-4H3,(H,42,43). The molecule has 0 radical (unpaired) electrons. The van der Waals surface area contributed by atoms with Gasteiger partial charge in [0.1, 0.15) is 5.60 Å². The number of nitrogens with one attached hydrogen (secondary N) is 1. The van der Waals surface area contributed by atoms with Crippen molar-refractivity contribution in [2.45, 2.75) is 45.6 Å². The predicted octanol–water partition coefficient (Wildman–Crippen LogP) is 9.63. The van der Waals surface area contributed by atoms with Crippen molar-refractivity contribution >= 4 is 29.2 Å². The highest BCUT2D eigenvalue weighted by atomic mass is 35.5. The average Bonchev–Trinajstić information content (AvgIpc) is 3.52. The zero-order chi connectivity index (χ0) is 33.1. The van der Waals surface area contributed by atoms with Crippen LogP contribution in [0, 0.1) is 6.92 Å². The first-order valence-corrected chi connectivity index (χ1v) is 15.9. The Balaban J connectivity index is 1.24. The largest absolute Gasteiger partial charge is 0.456 e. The van der Waals surface area contributed by atoms with E-state index in [2.05, 4.69) is 5.32 Å². The molecule has 47 heavy (non-hydrogen) atoms. The summed E-state index contributed by atoms with van der Waals surface area (Å²) in [6.07, 6.45) is 0.436. The van der Waals surface area contributed by atoms with Gasteiger partial charge in [-0.25, -0.2) is 4.79 Å². The van der Waals surface area contributed by atoms with Gasteiger partial charge in [-0.05, 0) is 122 Å². The van der Waals surface area contributed by atoms with Gasteiger partial charge in [-0.1, -0.05) is 72.3 Å². The molecular formula is C40H36ClNO5. The molecule has 1 heterocycles. The number of anilines is 1. The molecular weight excluding hydrogens is 610 g/mol. The van der Waals surface area contributed by atoms with E-state index in [1.807, 2.05) is 125 Å². The van der Waals surface area contributed by atoms with Crippen molar-refractivity contribution in [3.8, 4) is 33.8 Å². The lowest BCUT2D eigenvalue weighted by Crippen LogP contribution is -2.24. The van der Waals surface area contributed by atoms with E-state index < -0.39 is 11.5 Å². The Kier molecular flexibility index (Phi) is 9.06. The molecule has 6 rings (SSSR count). The second kappa shape index (κ2) is 13.3. The van der Waals surface area contributed by atoms with Crippen molar-refractivity contribution in [3.05, 3.63) is 136 Å². The summed E-state index contributed by atoms with van der Waals surface area (Å²) >= 11 is 6.15. The van der Waals surface area contributed by atoms with Crippen LogP contribution in [-0.4, -0.2) is 24.3 Å². The summed E-state index contributed by atoms with van der Waals surface area (Å²) in [7, 11) is 0. The quantitative estimate of drug-likeness (QED) is 0.170. The third-order valence-corrected chi connectivity index (χ3v) is 8.25. The molecule has 6 nitrogen and oxygen atoms in total. The third-order valence-electron chi connectivity index (χ3n) is 8.02. The summed E-state index contributed by atoms with van der Waals surface area (Å²) < 4.78 is 16.5. The Labute approximate surface area is 280 Å². The predicted molar refractivity (Wildman–Crippen MR) is 186 cm³/mol. The van der Waals surface area contributed by atoms with Gasteiger partial charge in [-0.3, -0.25) is 4.79 Å². The second-order valence-electron chi connectivity index (χ2n) is 12.7. The van der Waals surface area contributed by atoms with E-state index in [0.29, 0.717) is 22.7 Å². The number of esters is 1. The lowest BCUT2D eigenvalue weighted by molar-refractivity contribution is -0.117. The molecule has 238 valence electrons. The molecule has 7 heteroatoms. The first kappa shape index (κ1) is 31.9. The summed E-state index contributed by atoms with van der Waals surface area (Å²) in [5, 5.41) is 3.83. The number of hydrogen-bond donors (Lipinski definition) is 1. The number of benzene rings is 5. The van der Waals surface area contributed by atoms with Crippen LogP contribution in [0.1, 0.15) is 53.7 Å². The van der Waals surface area contributed by atoms with Crippen molar-refractivity contribution < 1.29 is 23.8 Å². The molecule has 0 bridgehead atoms. The Morgan fingerprint density at radius 2 is 1.45 bits per heavy atom. The minimum Gasteiger partial charge on any atom is -0.456 e. The van der Waals surface area contributed by atoms with Crippen molar-refractivity contribution in [1.29, 1.82) is 0 Å². The van der Waals surface area contributed by atoms with Gasteiger partial charge < -0.3 is 19.5 Å². The van der Waals surface area contributed by atoms with Gasteiger partial charge in [0, 0.05) is 10.7 Å². The molecule has 1 N–H and O–H groups in total. The smallest absolute Gasteiger partial charge is 0.338 e. The lowest BCUT2D eigenvalue weighted by Gasteiger charge is -2.20. The first-order valence-electron chi connectivity index (χ1n) is 15.5. The van der Waals surface area contributed by atoms with E-state index in [1.54, 1.807) is 12.1 Å². The minimum atomic E-state index is -0.586. The molecule has 1 atom stereocenters. The van der Waals surface area contributed by atoms with Crippen molar-refractivity contribution in [1.82, 2.24) is 0 Å². The second-order valence-corrected chi connectivity index (χ2v) is 13.1. The number of fused-ring (bicyclic) bond motifs is 1. The average molecular weight is 646 g/mol. The Morgan fingerprint density at radius 1 is 0.787 bits per heavy atom. The first-order chi connectivity index (χ1) is 22.5. The lowest BCUT2D eigenvalue weighted by atomic mass is 9.89. The number of halogens is 1. The summed E-state index contributed by atoms with van der Waals surface area (Å²) in [5.41, 5.74) is 7.58. The molecule has 0 aromatic heterocycles. The van der Waals surface area contributed by atoms with E-state index in [4.69, 9.17) is 25.8 Å². The van der Waals surface area contributed by atoms with Crippen LogP contribution in [0.3, 0.4) is 0 Å². The van der Waals surface area contributed by atoms with Gasteiger partial charge in [0.15, 0.2) is 11.5 Å². The minimum absolute atomic E-state index is 0.132. The van der Waals surface area contributed by atoms with Gasteiger partial charge in [0.05, 0.1) is 11.5 Å². The summed E-state index contributed by atoms with van der Waals surface area (Å²) in [5.74, 6) is 0.445. The molecule has 1 unspecified atom stereocenters. The van der Waals surface area contributed by atoms with E-state index in [9.17, 15) is 9.59 Å². The fourth-order valence-corrected chi connectivity index (χ4v) is 5.84. The summed E-state index contributed by atoms with van der Waals surface area (Å²) in [6.45, 7) is 7.77. The molecule has 1 aliphatic rings. The number of rotatable bonds is 8. The maximum Gasteiger partial charge on any atom is 0.338 e. The number of ether oxygens (including phenoxy) is 3. The van der Waals surface area contributed by atoms with Gasteiger partial charge >= 0.3 is 5.97 Å². The topological polar surface area (TPSA) is 73.9 Å². The van der Waals surface area contributed by atoms with Crippen LogP contribution in [0.15, 0.2) is 109 Å². The van der Waals surface area contributed by atoms with Crippen molar-refractivity contribution in [2.75, 3.05) is 12.1 Å². The summed E-state index contributed by atoms with van der Waals surface area (Å²) in [6, 6.07) is 34.8. The third kappa shape index (κ3) is 7.67. The highest BCUT2D eigenvalue weighted by Gasteiger charge is 2.23. The molecule has 0 aliphatic carbocycles. The SMILES string of the molecule is Cc1cc(Cl)ccc1-c1ccc(NC(=O)C(Cc2ccc(C(=O)OC(C)(C)C)cc2)c2ccc(-c3ccc4c(c3)OCO4)cc2)cc1. The fraction of sp³-hybridized carbons (Fsp3) is 0.200. The van der Waals surface area contributed by atoms with Gasteiger partial charge in [0.2, 0.25) is 12.7 Å². The zero-order valence-electron chi connectivity index (χ0n) is 26.8. The summed E-state index contributed by atoms with van der Waals surface area (Å²) in [4.78, 5) is 26.5. The van der Waals surface area contributed by atoms with E-state index in [-0.39, 0.29) is 18.7 Å². The highest BCUT2D eigenvalue weighted by molar-refractivity contribution is 6.30. The number of amides is 1. The monoisotopic (exact) mass is 645 g/mol. The molecule has 0 saturated heterocycles. The fourth-order valence-electron chi connectivity index (χ4n) is 5.61. The molecule has 1 aliphatic heterocycles. The van der Waals surface area contributed by atoms with Crippen LogP contribution in [-0.2, 0) is 16.0 Å². The van der Waals surface area contributed by atoms with Crippen LogP contribution in [0.25, 0.3) is 22.3 Å². The number of carbonyl (C=O) groups excluding carboxylic acids is 2. The molecule has 1 amide bonds. The molecule has 0 saturated carbocycles. The maximum absolute atomic E-state index is 13.9. The Bertz CT molecular complexity index is 1910. The van der Waals surface area contributed by atoms with E-state index in [1.165, 1.54) is 0 Å². The number of aryl methyl sites for hydroxylation is 1. The van der Waals surface area contributed by atoms with Gasteiger partial charge in [-0.15, -0.1) is 0 Å². The Hall–Kier alpha value is -5.07. The molecule has 0 fully saturated rings. The van der Waals surface area contributed by atoms with Crippen LogP contribution in [0.2, 0.25) is 5.02 Å². The van der Waals surface area contributed by atoms with Crippen molar-refractivity contribution in [2.24, 2.45) is 0 Å². The van der Waals surface area contributed by atoms with Crippen molar-refractivity contribution in [3.63, 3.8) is 0 Å². The molecule has 5 aromatic carbocycles. The van der Waals surface area contributed by atoms with Crippen LogP contribution in [0.5, 0.6) is 11.5 Å². The molecule has 5 aromatic rings. The van der Waals surface area contributed by atoms with Gasteiger partial charge in [-0.2, -0.15) is 0 Å². The zero-order valence-corrected chi connectivity index (χ0v) is 27.6. The van der Waals surface area contributed by atoms with Crippen LogP contribution >= 0.6 is 11.6 Å². The number of carbonyl (C=O) groups is 2. The van der Waals surface area contributed by atoms with Crippen LogP contribution < -0.4 is 14.8 Å². The normalized spacial score (nSPS) is 12.8. The van der Waals surface area contributed by atoms with E-state index in [0.717, 1.165) is 50.4 Å². The Morgan fingerprint density at radius 3 is 2.13 bits per heavy atom. The van der Waals surface area contributed by atoms with E-state index >= 15 is 0 Å².